The Morgan fingerprint density at radius 3 is 2.44 bits per heavy atom. The summed E-state index contributed by atoms with van der Waals surface area (Å²) in [6.07, 6.45) is 0.280. The van der Waals surface area contributed by atoms with Crippen molar-refractivity contribution in [1.82, 2.24) is 10.0 Å². The third kappa shape index (κ3) is 5.16. The smallest absolute Gasteiger partial charge is 0.321 e. The van der Waals surface area contributed by atoms with Crippen molar-refractivity contribution in [3.05, 3.63) is 42.5 Å². The first-order valence-corrected chi connectivity index (χ1v) is 9.05. The Morgan fingerprint density at radius 1 is 1.12 bits per heavy atom. The van der Waals surface area contributed by atoms with Crippen LogP contribution in [0.15, 0.2) is 47.4 Å². The molecule has 0 saturated carbocycles. The summed E-state index contributed by atoms with van der Waals surface area (Å²) in [5.74, 6) is -1.29. The molecule has 0 heterocycles. The fourth-order valence-electron chi connectivity index (χ4n) is 2.34. The Hall–Kier alpha value is -2.65. The standard InChI is InChI=1S/C16H19N3O5S/c17-16(22)18-9-3-6-14(15(20)21)19-25(23,24)13-8-7-11-4-1-2-5-12(11)10-13/h1-2,4-5,7-8,10,14,19H,3,6,9H2,(H,20,21)(H3,17,18,22)/t14-/m1/s1. The number of carbonyl (C=O) groups is 2. The molecule has 2 aromatic rings. The van der Waals surface area contributed by atoms with E-state index in [9.17, 15) is 23.1 Å². The molecule has 0 bridgehead atoms. The van der Waals surface area contributed by atoms with E-state index in [-0.39, 0.29) is 24.3 Å². The lowest BCUT2D eigenvalue weighted by Crippen LogP contribution is -2.41. The normalized spacial score (nSPS) is 12.6. The first-order valence-electron chi connectivity index (χ1n) is 7.57. The van der Waals surface area contributed by atoms with Crippen molar-refractivity contribution in [3.63, 3.8) is 0 Å². The lowest BCUT2D eigenvalue weighted by atomic mass is 10.1. The summed E-state index contributed by atoms with van der Waals surface area (Å²) in [5.41, 5.74) is 4.91. The van der Waals surface area contributed by atoms with Crippen molar-refractivity contribution < 1.29 is 23.1 Å². The molecule has 0 aliphatic carbocycles. The highest BCUT2D eigenvalue weighted by Gasteiger charge is 2.25. The Bertz CT molecular complexity index is 882. The van der Waals surface area contributed by atoms with Crippen LogP contribution in [0, 0.1) is 0 Å². The molecular formula is C16H19N3O5S. The molecule has 0 radical (unpaired) electrons. The van der Waals surface area contributed by atoms with Gasteiger partial charge in [0.15, 0.2) is 0 Å². The van der Waals surface area contributed by atoms with Gasteiger partial charge in [0.05, 0.1) is 4.90 Å². The van der Waals surface area contributed by atoms with Crippen LogP contribution in [0.25, 0.3) is 10.8 Å². The summed E-state index contributed by atoms with van der Waals surface area (Å²) in [7, 11) is -3.99. The molecule has 2 rings (SSSR count). The number of benzene rings is 2. The quantitative estimate of drug-likeness (QED) is 0.517. The van der Waals surface area contributed by atoms with Crippen molar-refractivity contribution in [2.24, 2.45) is 5.73 Å². The topological polar surface area (TPSA) is 139 Å². The van der Waals surface area contributed by atoms with Crippen molar-refractivity contribution in [2.75, 3.05) is 6.54 Å². The number of urea groups is 1. The first-order chi connectivity index (χ1) is 11.8. The van der Waals surface area contributed by atoms with Gasteiger partial charge in [-0.25, -0.2) is 13.2 Å². The molecule has 0 fully saturated rings. The highest BCUT2D eigenvalue weighted by Crippen LogP contribution is 2.19. The van der Waals surface area contributed by atoms with Crippen LogP contribution in [0.4, 0.5) is 4.79 Å². The summed E-state index contributed by atoms with van der Waals surface area (Å²) >= 11 is 0. The number of carboxylic acids is 1. The number of carboxylic acid groups (broad SMARTS) is 1. The van der Waals surface area contributed by atoms with Crippen LogP contribution in [-0.4, -0.2) is 38.1 Å². The van der Waals surface area contributed by atoms with Gasteiger partial charge in [0.2, 0.25) is 10.0 Å². The molecule has 0 unspecified atom stereocenters. The summed E-state index contributed by atoms with van der Waals surface area (Å²) < 4.78 is 27.1. The van der Waals surface area contributed by atoms with Crippen LogP contribution in [0.2, 0.25) is 0 Å². The third-order valence-corrected chi connectivity index (χ3v) is 5.06. The minimum atomic E-state index is -3.99. The zero-order valence-electron chi connectivity index (χ0n) is 13.3. The Morgan fingerprint density at radius 2 is 1.80 bits per heavy atom. The van der Waals surface area contributed by atoms with Crippen molar-refractivity contribution in [2.45, 2.75) is 23.8 Å². The summed E-state index contributed by atoms with van der Waals surface area (Å²) in [5, 5.41) is 13.2. The van der Waals surface area contributed by atoms with Crippen LogP contribution >= 0.6 is 0 Å². The molecule has 9 heteroatoms. The lowest BCUT2D eigenvalue weighted by Gasteiger charge is -2.15. The van der Waals surface area contributed by atoms with E-state index in [2.05, 4.69) is 10.0 Å². The van der Waals surface area contributed by atoms with Gasteiger partial charge >= 0.3 is 12.0 Å². The van der Waals surface area contributed by atoms with Crippen molar-refractivity contribution in [1.29, 1.82) is 0 Å². The fourth-order valence-corrected chi connectivity index (χ4v) is 3.60. The van der Waals surface area contributed by atoms with E-state index >= 15 is 0 Å². The molecule has 0 saturated heterocycles. The Kier molecular flexibility index (Phi) is 5.94. The van der Waals surface area contributed by atoms with Crippen molar-refractivity contribution >= 4 is 32.8 Å². The van der Waals surface area contributed by atoms with Gasteiger partial charge in [0.25, 0.3) is 0 Å². The van der Waals surface area contributed by atoms with Gasteiger partial charge in [-0.15, -0.1) is 0 Å². The number of primary amides is 1. The largest absolute Gasteiger partial charge is 0.480 e. The van der Waals surface area contributed by atoms with Crippen LogP contribution in [-0.2, 0) is 14.8 Å². The molecule has 8 nitrogen and oxygen atoms in total. The minimum Gasteiger partial charge on any atom is -0.480 e. The van der Waals surface area contributed by atoms with Crippen LogP contribution < -0.4 is 15.8 Å². The predicted octanol–water partition coefficient (Wildman–Crippen LogP) is 1.02. The molecule has 134 valence electrons. The number of carbonyl (C=O) groups excluding carboxylic acids is 1. The monoisotopic (exact) mass is 365 g/mol. The fraction of sp³-hybridized carbons (Fsp3) is 0.250. The van der Waals surface area contributed by atoms with Gasteiger partial charge < -0.3 is 16.2 Å². The number of hydrogen-bond acceptors (Lipinski definition) is 4. The van der Waals surface area contributed by atoms with Gasteiger partial charge in [-0.2, -0.15) is 4.72 Å². The van der Waals surface area contributed by atoms with Crippen molar-refractivity contribution in [3.8, 4) is 0 Å². The van der Waals surface area contributed by atoms with E-state index in [1.807, 2.05) is 12.1 Å². The molecule has 25 heavy (non-hydrogen) atoms. The second kappa shape index (κ2) is 7.95. The van der Waals surface area contributed by atoms with E-state index in [0.717, 1.165) is 10.8 Å². The number of aliphatic carboxylic acids is 1. The number of rotatable bonds is 8. The minimum absolute atomic E-state index is 0.00675. The maximum absolute atomic E-state index is 12.5. The van der Waals surface area contributed by atoms with Gasteiger partial charge in [-0.3, -0.25) is 4.79 Å². The summed E-state index contributed by atoms with van der Waals surface area (Å²) in [6.45, 7) is 0.164. The molecule has 0 aliphatic heterocycles. The summed E-state index contributed by atoms with van der Waals surface area (Å²) in [4.78, 5) is 21.9. The Balaban J connectivity index is 2.12. The SMILES string of the molecule is NC(=O)NCCC[C@@H](NS(=O)(=O)c1ccc2ccccc2c1)C(=O)O. The number of fused-ring (bicyclic) bond motifs is 1. The number of hydrogen-bond donors (Lipinski definition) is 4. The lowest BCUT2D eigenvalue weighted by molar-refractivity contribution is -0.139. The zero-order chi connectivity index (χ0) is 18.4. The summed E-state index contributed by atoms with van der Waals surface area (Å²) in [6, 6.07) is 9.83. The average molecular weight is 365 g/mol. The zero-order valence-corrected chi connectivity index (χ0v) is 14.1. The number of nitrogens with one attached hydrogen (secondary N) is 2. The first kappa shape index (κ1) is 18.7. The van der Waals surface area contributed by atoms with Crippen LogP contribution in [0.5, 0.6) is 0 Å². The average Bonchev–Trinajstić information content (AvgIpc) is 2.56. The maximum atomic E-state index is 12.5. The molecule has 2 amide bonds. The molecule has 0 aliphatic rings. The van der Waals surface area contributed by atoms with E-state index in [1.54, 1.807) is 18.2 Å². The number of amides is 2. The Labute approximate surface area is 145 Å². The molecule has 1 atom stereocenters. The molecule has 0 aromatic heterocycles. The molecular weight excluding hydrogens is 346 g/mol. The molecule has 0 spiro atoms. The van der Waals surface area contributed by atoms with Crippen LogP contribution in [0.1, 0.15) is 12.8 Å². The van der Waals surface area contributed by atoms with Gasteiger partial charge in [0, 0.05) is 6.54 Å². The molecule has 5 N–H and O–H groups in total. The van der Waals surface area contributed by atoms with E-state index in [1.165, 1.54) is 12.1 Å². The highest BCUT2D eigenvalue weighted by molar-refractivity contribution is 7.89. The van der Waals surface area contributed by atoms with Gasteiger partial charge in [-0.05, 0) is 35.7 Å². The molecule has 2 aromatic carbocycles. The highest BCUT2D eigenvalue weighted by atomic mass is 32.2. The number of sulfonamides is 1. The second-order valence-corrected chi connectivity index (χ2v) is 7.17. The van der Waals surface area contributed by atoms with E-state index < -0.39 is 28.1 Å². The van der Waals surface area contributed by atoms with Gasteiger partial charge in [0.1, 0.15) is 6.04 Å². The third-order valence-electron chi connectivity index (χ3n) is 3.60. The van der Waals surface area contributed by atoms with E-state index in [0.29, 0.717) is 0 Å². The number of nitrogens with two attached hydrogens (primary N) is 1. The van der Waals surface area contributed by atoms with Gasteiger partial charge in [-0.1, -0.05) is 30.3 Å². The predicted molar refractivity (Wildman–Crippen MR) is 92.5 cm³/mol. The maximum Gasteiger partial charge on any atom is 0.321 e. The van der Waals surface area contributed by atoms with Crippen LogP contribution in [0.3, 0.4) is 0 Å². The van der Waals surface area contributed by atoms with E-state index in [4.69, 9.17) is 5.73 Å². The second-order valence-electron chi connectivity index (χ2n) is 5.45.